The molecule has 3 aromatic rings. The van der Waals surface area contributed by atoms with E-state index in [9.17, 15) is 12.8 Å². The highest BCUT2D eigenvalue weighted by Crippen LogP contribution is 2.24. The first-order valence-electron chi connectivity index (χ1n) is 7.24. The number of hydrogen-bond acceptors (Lipinski definition) is 6. The van der Waals surface area contributed by atoms with Crippen molar-refractivity contribution >= 4 is 32.5 Å². The number of rotatable bonds is 5. The van der Waals surface area contributed by atoms with Crippen LogP contribution in [0.3, 0.4) is 0 Å². The van der Waals surface area contributed by atoms with E-state index < -0.39 is 15.7 Å². The normalized spacial score (nSPS) is 11.8. The van der Waals surface area contributed by atoms with Crippen LogP contribution in [0.25, 0.3) is 11.3 Å². The van der Waals surface area contributed by atoms with E-state index >= 15 is 0 Å². The lowest BCUT2D eigenvalue weighted by atomic mass is 10.2. The Morgan fingerprint density at radius 3 is 2.64 bits per heavy atom. The first kappa shape index (κ1) is 17.2. The van der Waals surface area contributed by atoms with E-state index in [0.717, 1.165) is 23.6 Å². The molecule has 1 N–H and O–H groups in total. The Labute approximate surface area is 148 Å². The van der Waals surface area contributed by atoms with Gasteiger partial charge in [-0.15, -0.1) is 11.3 Å². The Morgan fingerprint density at radius 2 is 1.92 bits per heavy atom. The van der Waals surface area contributed by atoms with Gasteiger partial charge >= 0.3 is 0 Å². The van der Waals surface area contributed by atoms with Gasteiger partial charge in [0.1, 0.15) is 10.7 Å². The van der Waals surface area contributed by atoms with Gasteiger partial charge in [0.15, 0.2) is 9.84 Å². The van der Waals surface area contributed by atoms with Crippen LogP contribution in [-0.4, -0.2) is 25.9 Å². The lowest BCUT2D eigenvalue weighted by Crippen LogP contribution is -2.05. The molecule has 25 heavy (non-hydrogen) atoms. The predicted octanol–water partition coefficient (Wildman–Crippen LogP) is 3.80. The van der Waals surface area contributed by atoms with Gasteiger partial charge in [-0.05, 0) is 6.07 Å². The van der Waals surface area contributed by atoms with Gasteiger partial charge in [0.25, 0.3) is 0 Å². The van der Waals surface area contributed by atoms with Gasteiger partial charge in [0, 0.05) is 22.8 Å². The molecule has 0 unspecified atom stereocenters. The zero-order valence-corrected chi connectivity index (χ0v) is 14.8. The van der Waals surface area contributed by atoms with E-state index in [2.05, 4.69) is 15.5 Å². The maximum atomic E-state index is 13.8. The highest BCUT2D eigenvalue weighted by molar-refractivity contribution is 7.90. The summed E-state index contributed by atoms with van der Waals surface area (Å²) in [7, 11) is -3.70. The second kappa shape index (κ2) is 7.12. The third-order valence-electron chi connectivity index (χ3n) is 3.31. The number of anilines is 1. The fourth-order valence-electron chi connectivity index (χ4n) is 2.24. The summed E-state index contributed by atoms with van der Waals surface area (Å²) in [6.07, 6.45) is 2.23. The maximum Gasteiger partial charge on any atom is 0.203 e. The molecule has 0 atom stereocenters. The van der Waals surface area contributed by atoms with Gasteiger partial charge in [-0.25, -0.2) is 17.8 Å². The van der Waals surface area contributed by atoms with E-state index in [1.807, 2.05) is 35.7 Å². The number of benzene rings is 2. The smallest absolute Gasteiger partial charge is 0.203 e. The van der Waals surface area contributed by atoms with Gasteiger partial charge in [-0.1, -0.05) is 42.5 Å². The largest absolute Gasteiger partial charge is 0.253 e. The van der Waals surface area contributed by atoms with Gasteiger partial charge in [-0.2, -0.15) is 5.10 Å². The van der Waals surface area contributed by atoms with E-state index in [-0.39, 0.29) is 10.5 Å². The molecule has 0 amide bonds. The van der Waals surface area contributed by atoms with Crippen LogP contribution in [0.5, 0.6) is 0 Å². The lowest BCUT2D eigenvalue weighted by Gasteiger charge is -2.04. The van der Waals surface area contributed by atoms with E-state index in [0.29, 0.717) is 5.13 Å². The number of nitrogens with one attached hydrogen (secondary N) is 1. The van der Waals surface area contributed by atoms with Gasteiger partial charge in [0.2, 0.25) is 5.13 Å². The molecule has 0 saturated heterocycles. The lowest BCUT2D eigenvalue weighted by molar-refractivity contribution is 0.570. The molecule has 0 aliphatic heterocycles. The van der Waals surface area contributed by atoms with Gasteiger partial charge in [-0.3, -0.25) is 5.43 Å². The summed E-state index contributed by atoms with van der Waals surface area (Å²) < 4.78 is 37.3. The predicted molar refractivity (Wildman–Crippen MR) is 98.3 cm³/mol. The van der Waals surface area contributed by atoms with Crippen LogP contribution in [0, 0.1) is 5.82 Å². The molecular formula is C17H14FN3O2S2. The van der Waals surface area contributed by atoms with Crippen molar-refractivity contribution in [1.29, 1.82) is 0 Å². The number of nitrogens with zero attached hydrogens (tertiary/aromatic N) is 2. The molecule has 128 valence electrons. The van der Waals surface area contributed by atoms with Crippen molar-refractivity contribution in [2.45, 2.75) is 4.90 Å². The average molecular weight is 375 g/mol. The standard InChI is InChI=1S/C17H14FN3O2S2/c1-25(22,23)16-13(8-5-9-14(16)18)10-19-21-17-20-15(11-24-17)12-6-3-2-4-7-12/h2-11H,1H3,(H,20,21). The average Bonchev–Trinajstić information content (AvgIpc) is 3.03. The van der Waals surface area contributed by atoms with Crippen LogP contribution in [0.1, 0.15) is 5.56 Å². The van der Waals surface area contributed by atoms with Crippen LogP contribution in [-0.2, 0) is 9.84 Å². The summed E-state index contributed by atoms with van der Waals surface area (Å²) in [5.74, 6) is -0.799. The van der Waals surface area contributed by atoms with E-state index in [1.54, 1.807) is 0 Å². The summed E-state index contributed by atoms with van der Waals surface area (Å²) in [6.45, 7) is 0. The maximum absolute atomic E-state index is 13.8. The molecule has 1 aromatic heterocycles. The molecule has 0 saturated carbocycles. The zero-order valence-electron chi connectivity index (χ0n) is 13.2. The van der Waals surface area contributed by atoms with Crippen molar-refractivity contribution in [2.24, 2.45) is 5.10 Å². The summed E-state index contributed by atoms with van der Waals surface area (Å²) in [6, 6.07) is 13.7. The molecule has 1 heterocycles. The zero-order chi connectivity index (χ0) is 17.9. The van der Waals surface area contributed by atoms with Gasteiger partial charge in [0.05, 0.1) is 11.9 Å². The first-order valence-corrected chi connectivity index (χ1v) is 10.0. The van der Waals surface area contributed by atoms with Crippen molar-refractivity contribution in [3.05, 3.63) is 65.3 Å². The van der Waals surface area contributed by atoms with Crippen LogP contribution in [0.15, 0.2) is 63.9 Å². The molecule has 3 rings (SSSR count). The third kappa shape index (κ3) is 4.09. The fourth-order valence-corrected chi connectivity index (χ4v) is 3.88. The Hall–Kier alpha value is -2.58. The quantitative estimate of drug-likeness (QED) is 0.544. The summed E-state index contributed by atoms with van der Waals surface area (Å²) in [4.78, 5) is 4.03. The monoisotopic (exact) mass is 375 g/mol. The molecule has 0 aliphatic carbocycles. The highest BCUT2D eigenvalue weighted by Gasteiger charge is 2.17. The van der Waals surface area contributed by atoms with E-state index in [1.165, 1.54) is 29.7 Å². The SMILES string of the molecule is CS(=O)(=O)c1c(F)cccc1C=NNc1nc(-c2ccccc2)cs1. The Balaban J connectivity index is 1.79. The number of thiazole rings is 1. The molecule has 0 fully saturated rings. The van der Waals surface area contributed by atoms with Crippen molar-refractivity contribution < 1.29 is 12.8 Å². The number of halogens is 1. The fraction of sp³-hybridized carbons (Fsp3) is 0.0588. The Bertz CT molecular complexity index is 1020. The van der Waals surface area contributed by atoms with Crippen molar-refractivity contribution in [2.75, 3.05) is 11.7 Å². The topological polar surface area (TPSA) is 71.4 Å². The summed E-state index contributed by atoms with van der Waals surface area (Å²) >= 11 is 1.36. The van der Waals surface area contributed by atoms with Crippen molar-refractivity contribution in [1.82, 2.24) is 4.98 Å². The van der Waals surface area contributed by atoms with Crippen LogP contribution in [0.2, 0.25) is 0 Å². The van der Waals surface area contributed by atoms with Crippen LogP contribution in [0.4, 0.5) is 9.52 Å². The van der Waals surface area contributed by atoms with Crippen molar-refractivity contribution in [3.63, 3.8) is 0 Å². The number of sulfone groups is 1. The third-order valence-corrected chi connectivity index (χ3v) is 5.23. The minimum Gasteiger partial charge on any atom is -0.253 e. The minimum atomic E-state index is -3.70. The molecule has 2 aromatic carbocycles. The molecule has 5 nitrogen and oxygen atoms in total. The number of hydrogen-bond donors (Lipinski definition) is 1. The first-order chi connectivity index (χ1) is 11.9. The highest BCUT2D eigenvalue weighted by atomic mass is 32.2. The Morgan fingerprint density at radius 1 is 1.16 bits per heavy atom. The molecular weight excluding hydrogens is 361 g/mol. The molecule has 8 heteroatoms. The second-order valence-corrected chi connectivity index (χ2v) is 8.01. The van der Waals surface area contributed by atoms with Gasteiger partial charge < -0.3 is 0 Å². The van der Waals surface area contributed by atoms with Crippen LogP contribution >= 0.6 is 11.3 Å². The van der Waals surface area contributed by atoms with Crippen molar-refractivity contribution in [3.8, 4) is 11.3 Å². The number of aromatic nitrogens is 1. The van der Waals surface area contributed by atoms with E-state index in [4.69, 9.17) is 0 Å². The Kier molecular flexibility index (Phi) is 4.91. The summed E-state index contributed by atoms with van der Waals surface area (Å²) in [5.41, 5.74) is 4.71. The molecule has 0 radical (unpaired) electrons. The molecule has 0 aliphatic rings. The molecule has 0 spiro atoms. The molecule has 0 bridgehead atoms. The summed E-state index contributed by atoms with van der Waals surface area (Å²) in [5, 5.41) is 6.41. The number of hydrazone groups is 1. The van der Waals surface area contributed by atoms with Crippen LogP contribution < -0.4 is 5.43 Å². The second-order valence-electron chi connectivity index (χ2n) is 5.20. The minimum absolute atomic E-state index is 0.176.